The quantitative estimate of drug-likeness (QED) is 0.813. The number of carboxylic acid groups (broad SMARTS) is 1. The standard InChI is InChI=1S/C18H22N2O4/c1-4-18(5-2,17(22)23)10-19-16(21)14-15(24-11-20-14)13-8-6-12(3)7-9-13/h6-9,11H,4-5,10H2,1-3H3,(H,19,21)(H,22,23). The van der Waals surface area contributed by atoms with Crippen molar-refractivity contribution in [1.29, 1.82) is 0 Å². The summed E-state index contributed by atoms with van der Waals surface area (Å²) in [5.74, 6) is -0.972. The lowest BCUT2D eigenvalue weighted by atomic mass is 9.82. The van der Waals surface area contributed by atoms with Crippen molar-refractivity contribution in [2.24, 2.45) is 5.41 Å². The van der Waals surface area contributed by atoms with E-state index in [0.717, 1.165) is 11.1 Å². The Bertz CT molecular complexity index is 715. The summed E-state index contributed by atoms with van der Waals surface area (Å²) in [7, 11) is 0. The zero-order chi connectivity index (χ0) is 17.7. The van der Waals surface area contributed by atoms with Gasteiger partial charge in [-0.25, -0.2) is 4.98 Å². The first-order valence-corrected chi connectivity index (χ1v) is 7.95. The largest absolute Gasteiger partial charge is 0.481 e. The van der Waals surface area contributed by atoms with E-state index in [-0.39, 0.29) is 12.2 Å². The van der Waals surface area contributed by atoms with Crippen LogP contribution in [0.2, 0.25) is 0 Å². The Morgan fingerprint density at radius 2 is 1.83 bits per heavy atom. The average Bonchev–Trinajstić information content (AvgIpc) is 3.06. The van der Waals surface area contributed by atoms with Crippen molar-refractivity contribution < 1.29 is 19.1 Å². The lowest BCUT2D eigenvalue weighted by Gasteiger charge is -2.26. The first kappa shape index (κ1) is 17.7. The Morgan fingerprint density at radius 1 is 1.21 bits per heavy atom. The zero-order valence-corrected chi connectivity index (χ0v) is 14.1. The van der Waals surface area contributed by atoms with E-state index in [2.05, 4.69) is 10.3 Å². The van der Waals surface area contributed by atoms with Crippen molar-refractivity contribution in [3.8, 4) is 11.3 Å². The molecule has 2 rings (SSSR count). The number of hydrogen-bond donors (Lipinski definition) is 2. The number of carboxylic acids is 1. The topological polar surface area (TPSA) is 92.4 Å². The van der Waals surface area contributed by atoms with Crippen LogP contribution in [0.25, 0.3) is 11.3 Å². The van der Waals surface area contributed by atoms with Gasteiger partial charge in [0.25, 0.3) is 5.91 Å². The van der Waals surface area contributed by atoms with Crippen LogP contribution in [0.15, 0.2) is 35.1 Å². The molecule has 0 aliphatic rings. The van der Waals surface area contributed by atoms with Gasteiger partial charge in [0.05, 0.1) is 5.41 Å². The number of benzene rings is 1. The molecule has 128 valence electrons. The highest BCUT2D eigenvalue weighted by Crippen LogP contribution is 2.27. The molecular weight excluding hydrogens is 308 g/mol. The number of nitrogens with one attached hydrogen (secondary N) is 1. The van der Waals surface area contributed by atoms with Crippen LogP contribution in [0.3, 0.4) is 0 Å². The molecule has 1 heterocycles. The van der Waals surface area contributed by atoms with Crippen LogP contribution >= 0.6 is 0 Å². The minimum Gasteiger partial charge on any atom is -0.481 e. The first-order chi connectivity index (χ1) is 11.4. The Morgan fingerprint density at radius 3 is 2.38 bits per heavy atom. The number of oxazole rings is 1. The average molecular weight is 330 g/mol. The van der Waals surface area contributed by atoms with Gasteiger partial charge in [-0.2, -0.15) is 0 Å². The molecule has 0 aliphatic heterocycles. The molecule has 2 aromatic rings. The number of nitrogens with zero attached hydrogens (tertiary/aromatic N) is 1. The first-order valence-electron chi connectivity index (χ1n) is 7.95. The minimum atomic E-state index is -0.969. The maximum atomic E-state index is 12.4. The summed E-state index contributed by atoms with van der Waals surface area (Å²) in [6.07, 6.45) is 2.08. The molecule has 6 nitrogen and oxygen atoms in total. The molecule has 0 radical (unpaired) electrons. The number of aliphatic carboxylic acids is 1. The maximum Gasteiger partial charge on any atom is 0.311 e. The van der Waals surface area contributed by atoms with Crippen LogP contribution in [0.1, 0.15) is 42.7 Å². The fourth-order valence-corrected chi connectivity index (χ4v) is 2.53. The summed E-state index contributed by atoms with van der Waals surface area (Å²) in [6, 6.07) is 7.55. The van der Waals surface area contributed by atoms with Crippen molar-refractivity contribution in [2.75, 3.05) is 6.54 Å². The second-order valence-electron chi connectivity index (χ2n) is 5.87. The van der Waals surface area contributed by atoms with E-state index in [9.17, 15) is 14.7 Å². The van der Waals surface area contributed by atoms with E-state index in [0.29, 0.717) is 18.6 Å². The summed E-state index contributed by atoms with van der Waals surface area (Å²) >= 11 is 0. The Labute approximate surface area is 140 Å². The van der Waals surface area contributed by atoms with Crippen LogP contribution in [-0.2, 0) is 4.79 Å². The Hall–Kier alpha value is -2.63. The molecule has 0 saturated heterocycles. The minimum absolute atomic E-state index is 0.0500. The molecule has 0 fully saturated rings. The highest BCUT2D eigenvalue weighted by molar-refractivity contribution is 5.97. The van der Waals surface area contributed by atoms with Gasteiger partial charge in [-0.05, 0) is 19.8 Å². The fourth-order valence-electron chi connectivity index (χ4n) is 2.53. The molecule has 0 atom stereocenters. The number of carbonyl (C=O) groups excluding carboxylic acids is 1. The third-order valence-corrected chi connectivity index (χ3v) is 4.49. The van der Waals surface area contributed by atoms with E-state index in [1.54, 1.807) is 13.8 Å². The number of aryl methyl sites for hydroxylation is 1. The van der Waals surface area contributed by atoms with Crippen molar-refractivity contribution >= 4 is 11.9 Å². The van der Waals surface area contributed by atoms with Gasteiger partial charge in [0.1, 0.15) is 0 Å². The van der Waals surface area contributed by atoms with Crippen LogP contribution < -0.4 is 5.32 Å². The predicted molar refractivity (Wildman–Crippen MR) is 89.7 cm³/mol. The molecule has 0 aliphatic carbocycles. The number of hydrogen-bond acceptors (Lipinski definition) is 4. The molecule has 24 heavy (non-hydrogen) atoms. The van der Waals surface area contributed by atoms with Gasteiger partial charge < -0.3 is 14.8 Å². The van der Waals surface area contributed by atoms with E-state index < -0.39 is 17.3 Å². The summed E-state index contributed by atoms with van der Waals surface area (Å²) in [4.78, 5) is 27.9. The number of rotatable bonds is 7. The van der Waals surface area contributed by atoms with Gasteiger partial charge in [0.15, 0.2) is 17.8 Å². The molecule has 0 bridgehead atoms. The van der Waals surface area contributed by atoms with E-state index in [1.165, 1.54) is 6.39 Å². The van der Waals surface area contributed by atoms with Crippen molar-refractivity contribution in [1.82, 2.24) is 10.3 Å². The summed E-state index contributed by atoms with van der Waals surface area (Å²) in [5, 5.41) is 12.1. The number of carbonyl (C=O) groups is 2. The van der Waals surface area contributed by atoms with E-state index >= 15 is 0 Å². The molecule has 0 spiro atoms. The molecular formula is C18H22N2O4. The van der Waals surface area contributed by atoms with Gasteiger partial charge in [0.2, 0.25) is 0 Å². The van der Waals surface area contributed by atoms with Gasteiger partial charge in [0, 0.05) is 12.1 Å². The highest BCUT2D eigenvalue weighted by atomic mass is 16.4. The molecule has 0 unspecified atom stereocenters. The monoisotopic (exact) mass is 330 g/mol. The van der Waals surface area contributed by atoms with Crippen LogP contribution in [0.5, 0.6) is 0 Å². The molecule has 1 aromatic carbocycles. The third kappa shape index (κ3) is 3.48. The number of amides is 1. The lowest BCUT2D eigenvalue weighted by Crippen LogP contribution is -2.42. The molecule has 2 N–H and O–H groups in total. The fraction of sp³-hybridized carbons (Fsp3) is 0.389. The second-order valence-corrected chi connectivity index (χ2v) is 5.87. The van der Waals surface area contributed by atoms with Crippen LogP contribution in [-0.4, -0.2) is 28.5 Å². The molecule has 1 aromatic heterocycles. The van der Waals surface area contributed by atoms with Crippen molar-refractivity contribution in [3.05, 3.63) is 41.9 Å². The lowest BCUT2D eigenvalue weighted by molar-refractivity contribution is -0.149. The van der Waals surface area contributed by atoms with Crippen molar-refractivity contribution in [2.45, 2.75) is 33.6 Å². The van der Waals surface area contributed by atoms with Gasteiger partial charge in [-0.3, -0.25) is 9.59 Å². The SMILES string of the molecule is CCC(CC)(CNC(=O)c1ncoc1-c1ccc(C)cc1)C(=O)O. The highest BCUT2D eigenvalue weighted by Gasteiger charge is 2.35. The van der Waals surface area contributed by atoms with E-state index in [4.69, 9.17) is 4.42 Å². The second kappa shape index (κ2) is 7.29. The maximum absolute atomic E-state index is 12.4. The molecule has 6 heteroatoms. The summed E-state index contributed by atoms with van der Waals surface area (Å²) < 4.78 is 5.36. The smallest absolute Gasteiger partial charge is 0.311 e. The van der Waals surface area contributed by atoms with Crippen LogP contribution in [0, 0.1) is 12.3 Å². The van der Waals surface area contributed by atoms with Crippen LogP contribution in [0.4, 0.5) is 0 Å². The molecule has 0 saturated carbocycles. The summed E-state index contributed by atoms with van der Waals surface area (Å²) in [6.45, 7) is 5.63. The number of aromatic nitrogens is 1. The van der Waals surface area contributed by atoms with Crippen molar-refractivity contribution in [3.63, 3.8) is 0 Å². The van der Waals surface area contributed by atoms with E-state index in [1.807, 2.05) is 31.2 Å². The van der Waals surface area contributed by atoms with Gasteiger partial charge in [-0.15, -0.1) is 0 Å². The Kier molecular flexibility index (Phi) is 5.39. The third-order valence-electron chi connectivity index (χ3n) is 4.49. The summed E-state index contributed by atoms with van der Waals surface area (Å²) in [5.41, 5.74) is 1.04. The molecule has 1 amide bonds. The van der Waals surface area contributed by atoms with Gasteiger partial charge >= 0.3 is 5.97 Å². The van der Waals surface area contributed by atoms with Gasteiger partial charge in [-0.1, -0.05) is 43.7 Å². The zero-order valence-electron chi connectivity index (χ0n) is 14.1. The Balaban J connectivity index is 2.18. The normalized spacial score (nSPS) is 11.3. The predicted octanol–water partition coefficient (Wildman–Crippen LogP) is 3.27.